The maximum Gasteiger partial charge on any atom is 0.257 e. The van der Waals surface area contributed by atoms with Gasteiger partial charge in [-0.05, 0) is 69.5 Å². The van der Waals surface area contributed by atoms with Crippen molar-refractivity contribution in [2.24, 2.45) is 0 Å². The predicted octanol–water partition coefficient (Wildman–Crippen LogP) is 4.15. The first-order chi connectivity index (χ1) is 13.7. The van der Waals surface area contributed by atoms with E-state index in [-0.39, 0.29) is 16.8 Å². The van der Waals surface area contributed by atoms with Crippen LogP contribution in [0.5, 0.6) is 0 Å². The lowest BCUT2D eigenvalue weighted by molar-refractivity contribution is 0.102. The van der Waals surface area contributed by atoms with Crippen LogP contribution in [-0.4, -0.2) is 24.9 Å². The second kappa shape index (κ2) is 8.52. The largest absolute Gasteiger partial charge is 0.343 e. The highest BCUT2D eigenvalue weighted by molar-refractivity contribution is 7.89. The number of sulfonamides is 1. The predicted molar refractivity (Wildman–Crippen MR) is 117 cm³/mol. The van der Waals surface area contributed by atoms with Crippen molar-refractivity contribution in [3.63, 3.8) is 0 Å². The third-order valence-corrected chi connectivity index (χ3v) is 7.06. The van der Waals surface area contributed by atoms with Crippen molar-refractivity contribution in [2.45, 2.75) is 45.2 Å². The maximum absolute atomic E-state index is 12.8. The number of benzene rings is 1. The van der Waals surface area contributed by atoms with Gasteiger partial charge in [0, 0.05) is 28.0 Å². The summed E-state index contributed by atoms with van der Waals surface area (Å²) in [6.45, 7) is 8.18. The van der Waals surface area contributed by atoms with Gasteiger partial charge in [0.25, 0.3) is 5.91 Å². The van der Waals surface area contributed by atoms with Gasteiger partial charge in [0.15, 0.2) is 0 Å². The number of carbonyl (C=O) groups excluding carboxylic acids is 1. The number of hydrogen-bond donors (Lipinski definition) is 2. The highest BCUT2D eigenvalue weighted by atomic mass is 32.2. The van der Waals surface area contributed by atoms with Crippen LogP contribution in [0, 0.1) is 13.8 Å². The van der Waals surface area contributed by atoms with Crippen molar-refractivity contribution >= 4 is 33.0 Å². The summed E-state index contributed by atoms with van der Waals surface area (Å²) in [7, 11) is -3.56. The normalized spacial score (nSPS) is 11.8. The molecule has 0 aliphatic carbocycles. The van der Waals surface area contributed by atoms with Crippen LogP contribution in [0.2, 0.25) is 0 Å². The Balaban J connectivity index is 1.75. The molecule has 2 N–H and O–H groups in total. The smallest absolute Gasteiger partial charge is 0.257 e. The van der Waals surface area contributed by atoms with Crippen molar-refractivity contribution in [3.8, 4) is 0 Å². The van der Waals surface area contributed by atoms with Gasteiger partial charge in [-0.2, -0.15) is 0 Å². The average molecular weight is 432 g/mol. The van der Waals surface area contributed by atoms with Gasteiger partial charge in [-0.15, -0.1) is 11.3 Å². The third-order valence-electron chi connectivity index (χ3n) is 4.53. The summed E-state index contributed by atoms with van der Waals surface area (Å²) < 4.78 is 29.1. The molecule has 0 radical (unpaired) electrons. The van der Waals surface area contributed by atoms with Gasteiger partial charge in [0.2, 0.25) is 10.0 Å². The van der Waals surface area contributed by atoms with Gasteiger partial charge in [0.05, 0.1) is 17.0 Å². The summed E-state index contributed by atoms with van der Waals surface area (Å²) in [5.74, 6) is -0.216. The zero-order valence-electron chi connectivity index (χ0n) is 16.9. The van der Waals surface area contributed by atoms with Crippen molar-refractivity contribution < 1.29 is 13.2 Å². The molecule has 3 aromatic rings. The fourth-order valence-electron chi connectivity index (χ4n) is 3.13. The Morgan fingerprint density at radius 3 is 2.41 bits per heavy atom. The molecule has 154 valence electrons. The number of nitrogens with zero attached hydrogens (tertiary/aromatic N) is 1. The zero-order valence-corrected chi connectivity index (χ0v) is 18.5. The highest BCUT2D eigenvalue weighted by Crippen LogP contribution is 2.21. The third kappa shape index (κ3) is 4.95. The summed E-state index contributed by atoms with van der Waals surface area (Å²) in [5, 5.41) is 4.89. The minimum Gasteiger partial charge on any atom is -0.343 e. The van der Waals surface area contributed by atoms with Gasteiger partial charge in [0.1, 0.15) is 0 Å². The number of aromatic nitrogens is 1. The average Bonchev–Trinajstić information content (AvgIpc) is 3.25. The van der Waals surface area contributed by atoms with E-state index in [1.54, 1.807) is 37.3 Å². The fraction of sp³-hybridized carbons (Fsp3) is 0.286. The molecule has 0 spiro atoms. The molecule has 0 fully saturated rings. The van der Waals surface area contributed by atoms with Gasteiger partial charge in [-0.3, -0.25) is 4.79 Å². The molecule has 0 bridgehead atoms. The molecule has 29 heavy (non-hydrogen) atoms. The molecule has 0 aliphatic heterocycles. The van der Waals surface area contributed by atoms with E-state index in [1.165, 1.54) is 17.0 Å². The van der Waals surface area contributed by atoms with Crippen LogP contribution in [0.1, 0.15) is 40.5 Å². The second-order valence-electron chi connectivity index (χ2n) is 7.20. The summed E-state index contributed by atoms with van der Waals surface area (Å²) >= 11 is 1.69. The summed E-state index contributed by atoms with van der Waals surface area (Å²) in [5.41, 5.74) is 3.06. The van der Waals surface area contributed by atoms with E-state index in [2.05, 4.69) is 20.7 Å². The lowest BCUT2D eigenvalue weighted by Crippen LogP contribution is -2.30. The van der Waals surface area contributed by atoms with E-state index in [4.69, 9.17) is 0 Å². The van der Waals surface area contributed by atoms with Crippen LogP contribution in [0.25, 0.3) is 0 Å². The minimum absolute atomic E-state index is 0.165. The molecule has 0 atom stereocenters. The summed E-state index contributed by atoms with van der Waals surface area (Å²) in [6, 6.07) is 11.9. The SMILES string of the molecule is Cc1cc(C(=O)Nc2ccc(S(=O)(=O)NC(C)C)cc2)c(C)n1Cc1cccs1. The zero-order chi connectivity index (χ0) is 21.2. The Kier molecular flexibility index (Phi) is 6.26. The quantitative estimate of drug-likeness (QED) is 0.590. The van der Waals surface area contributed by atoms with Gasteiger partial charge < -0.3 is 9.88 Å². The van der Waals surface area contributed by atoms with Crippen LogP contribution >= 0.6 is 11.3 Å². The van der Waals surface area contributed by atoms with Gasteiger partial charge in [-0.25, -0.2) is 13.1 Å². The van der Waals surface area contributed by atoms with Crippen LogP contribution in [0.15, 0.2) is 52.7 Å². The van der Waals surface area contributed by atoms with Crippen molar-refractivity contribution in [1.29, 1.82) is 0 Å². The Labute approximate surface area is 175 Å². The molecule has 3 rings (SSSR count). The first kappa shape index (κ1) is 21.3. The molecule has 0 saturated heterocycles. The van der Waals surface area contributed by atoms with Crippen LogP contribution in [0.3, 0.4) is 0 Å². The number of hydrogen-bond acceptors (Lipinski definition) is 4. The molecule has 2 heterocycles. The molecule has 0 unspecified atom stereocenters. The lowest BCUT2D eigenvalue weighted by atomic mass is 10.2. The van der Waals surface area contributed by atoms with Crippen molar-refractivity contribution in [2.75, 3.05) is 5.32 Å². The number of carbonyl (C=O) groups is 1. The van der Waals surface area contributed by atoms with Crippen molar-refractivity contribution in [3.05, 3.63) is 69.7 Å². The van der Waals surface area contributed by atoms with Gasteiger partial charge in [-0.1, -0.05) is 6.07 Å². The van der Waals surface area contributed by atoms with Crippen LogP contribution < -0.4 is 10.0 Å². The molecule has 1 aromatic carbocycles. The van der Waals surface area contributed by atoms with E-state index < -0.39 is 10.0 Å². The molecule has 1 amide bonds. The van der Waals surface area contributed by atoms with Crippen LogP contribution in [-0.2, 0) is 16.6 Å². The fourth-order valence-corrected chi connectivity index (χ4v) is 5.07. The minimum atomic E-state index is -3.56. The molecule has 8 heteroatoms. The number of aryl methyl sites for hydroxylation is 1. The first-order valence-electron chi connectivity index (χ1n) is 9.30. The number of rotatable bonds is 7. The Hall–Kier alpha value is -2.42. The number of anilines is 1. The Bertz CT molecular complexity index is 1100. The molecular weight excluding hydrogens is 406 g/mol. The summed E-state index contributed by atoms with van der Waals surface area (Å²) in [4.78, 5) is 14.2. The maximum atomic E-state index is 12.8. The van der Waals surface area contributed by atoms with E-state index >= 15 is 0 Å². The standard InChI is InChI=1S/C21H25N3O3S2/c1-14(2)23-29(26,27)19-9-7-17(8-10-19)22-21(25)20-12-15(3)24(16(20)4)13-18-6-5-11-28-18/h5-12,14,23H,13H2,1-4H3,(H,22,25). The van der Waals surface area contributed by atoms with E-state index in [9.17, 15) is 13.2 Å². The molecule has 6 nitrogen and oxygen atoms in total. The number of thiophene rings is 1. The van der Waals surface area contributed by atoms with Gasteiger partial charge >= 0.3 is 0 Å². The number of nitrogens with one attached hydrogen (secondary N) is 2. The molecular formula is C21H25N3O3S2. The lowest BCUT2D eigenvalue weighted by Gasteiger charge is -2.11. The van der Waals surface area contributed by atoms with Crippen molar-refractivity contribution in [1.82, 2.24) is 9.29 Å². The Morgan fingerprint density at radius 2 is 1.83 bits per heavy atom. The summed E-state index contributed by atoms with van der Waals surface area (Å²) in [6.07, 6.45) is 0. The monoisotopic (exact) mass is 431 g/mol. The second-order valence-corrected chi connectivity index (χ2v) is 9.95. The highest BCUT2D eigenvalue weighted by Gasteiger charge is 2.18. The number of amides is 1. The molecule has 0 saturated carbocycles. The first-order valence-corrected chi connectivity index (χ1v) is 11.7. The Morgan fingerprint density at radius 1 is 1.14 bits per heavy atom. The van der Waals surface area contributed by atoms with Crippen LogP contribution in [0.4, 0.5) is 5.69 Å². The topological polar surface area (TPSA) is 80.2 Å². The van der Waals surface area contributed by atoms with E-state index in [0.717, 1.165) is 17.9 Å². The van der Waals surface area contributed by atoms with E-state index in [1.807, 2.05) is 31.4 Å². The molecule has 0 aliphatic rings. The van der Waals surface area contributed by atoms with E-state index in [0.29, 0.717) is 11.3 Å². The molecule has 2 aromatic heterocycles.